The van der Waals surface area contributed by atoms with E-state index in [9.17, 15) is 13.6 Å². The summed E-state index contributed by atoms with van der Waals surface area (Å²) in [5.74, 6) is -2.25. The highest BCUT2D eigenvalue weighted by Gasteiger charge is 2.12. The summed E-state index contributed by atoms with van der Waals surface area (Å²) in [4.78, 5) is 10.4. The Hall–Kier alpha value is -1.83. The van der Waals surface area contributed by atoms with Crippen molar-refractivity contribution in [1.82, 2.24) is 15.0 Å². The van der Waals surface area contributed by atoms with Crippen LogP contribution >= 0.6 is 15.9 Å². The first kappa shape index (κ1) is 13.6. The second-order valence-corrected chi connectivity index (χ2v) is 4.62. The topological polar surface area (TPSA) is 68.0 Å². The number of aryl methyl sites for hydroxylation is 1. The largest absolute Gasteiger partial charge is 0.481 e. The van der Waals surface area contributed by atoms with Gasteiger partial charge in [0.2, 0.25) is 0 Å². The molecule has 0 saturated heterocycles. The summed E-state index contributed by atoms with van der Waals surface area (Å²) in [7, 11) is 0. The van der Waals surface area contributed by atoms with Gasteiger partial charge in [-0.3, -0.25) is 4.79 Å². The third-order valence-corrected chi connectivity index (χ3v) is 2.98. The van der Waals surface area contributed by atoms with Crippen molar-refractivity contribution in [3.63, 3.8) is 0 Å². The number of hydrogen-bond acceptors (Lipinski definition) is 3. The lowest BCUT2D eigenvalue weighted by Gasteiger charge is -2.03. The summed E-state index contributed by atoms with van der Waals surface area (Å²) in [6.07, 6.45) is 1.44. The minimum absolute atomic E-state index is 0.0139. The molecule has 19 heavy (non-hydrogen) atoms. The van der Waals surface area contributed by atoms with Crippen molar-refractivity contribution in [3.05, 3.63) is 40.1 Å². The van der Waals surface area contributed by atoms with Crippen molar-refractivity contribution in [2.45, 2.75) is 12.8 Å². The summed E-state index contributed by atoms with van der Waals surface area (Å²) < 4.78 is 28.1. The maximum absolute atomic E-state index is 13.7. The zero-order valence-electron chi connectivity index (χ0n) is 9.48. The number of carbonyl (C=O) groups is 1. The highest BCUT2D eigenvalue weighted by atomic mass is 79.9. The monoisotopic (exact) mass is 331 g/mol. The van der Waals surface area contributed by atoms with E-state index >= 15 is 0 Å². The van der Waals surface area contributed by atoms with Gasteiger partial charge in [0, 0.05) is 12.5 Å². The third kappa shape index (κ3) is 3.14. The van der Waals surface area contributed by atoms with E-state index < -0.39 is 17.6 Å². The first-order chi connectivity index (χ1) is 8.97. The molecular formula is C11H8BrF2N3O2. The van der Waals surface area contributed by atoms with Gasteiger partial charge in [0.1, 0.15) is 17.3 Å². The number of rotatable bonds is 4. The minimum atomic E-state index is -0.963. The molecule has 0 radical (unpaired) electrons. The van der Waals surface area contributed by atoms with Crippen LogP contribution in [0.2, 0.25) is 0 Å². The molecule has 2 aromatic rings. The average molecular weight is 332 g/mol. The van der Waals surface area contributed by atoms with Crippen molar-refractivity contribution in [3.8, 4) is 5.69 Å². The third-order valence-electron chi connectivity index (χ3n) is 2.37. The van der Waals surface area contributed by atoms with Gasteiger partial charge in [-0.05, 0) is 22.0 Å². The average Bonchev–Trinajstić information content (AvgIpc) is 2.80. The second kappa shape index (κ2) is 5.43. The van der Waals surface area contributed by atoms with E-state index in [0.717, 1.165) is 16.8 Å². The van der Waals surface area contributed by atoms with Crippen molar-refractivity contribution in [2.24, 2.45) is 0 Å². The Balaban J connectivity index is 2.27. The molecule has 0 aliphatic heterocycles. The second-order valence-electron chi connectivity index (χ2n) is 3.77. The number of carboxylic acid groups (broad SMARTS) is 1. The summed E-state index contributed by atoms with van der Waals surface area (Å²) in [6.45, 7) is 0. The maximum Gasteiger partial charge on any atom is 0.303 e. The number of aromatic nitrogens is 3. The predicted molar refractivity (Wildman–Crippen MR) is 64.9 cm³/mol. The molecule has 2 rings (SSSR count). The van der Waals surface area contributed by atoms with Crippen LogP contribution in [0.3, 0.4) is 0 Å². The molecule has 0 bridgehead atoms. The molecular weight excluding hydrogens is 324 g/mol. The molecule has 0 spiro atoms. The predicted octanol–water partition coefficient (Wildman–Crippen LogP) is 2.33. The van der Waals surface area contributed by atoms with E-state index in [0.29, 0.717) is 5.69 Å². The highest BCUT2D eigenvalue weighted by molar-refractivity contribution is 9.10. The minimum Gasteiger partial charge on any atom is -0.481 e. The lowest BCUT2D eigenvalue weighted by molar-refractivity contribution is -0.136. The maximum atomic E-state index is 13.7. The lowest BCUT2D eigenvalue weighted by atomic mass is 10.2. The van der Waals surface area contributed by atoms with E-state index in [1.54, 1.807) is 0 Å². The van der Waals surface area contributed by atoms with Crippen molar-refractivity contribution < 1.29 is 18.7 Å². The van der Waals surface area contributed by atoms with Crippen LogP contribution in [0.15, 0.2) is 22.8 Å². The molecule has 0 saturated carbocycles. The first-order valence-corrected chi connectivity index (χ1v) is 6.04. The normalized spacial score (nSPS) is 10.7. The standard InChI is InChI=1S/C11H8BrF2N3O2/c12-7-3-9(14)10(4-8(7)13)17-5-6(15-16-17)1-2-11(18)19/h3-5H,1-2H2,(H,18,19). The quantitative estimate of drug-likeness (QED) is 0.873. The Morgan fingerprint density at radius 3 is 2.79 bits per heavy atom. The molecule has 8 heteroatoms. The molecule has 0 aliphatic rings. The van der Waals surface area contributed by atoms with Crippen LogP contribution in [0.25, 0.3) is 5.69 Å². The van der Waals surface area contributed by atoms with Crippen LogP contribution in [-0.4, -0.2) is 26.1 Å². The van der Waals surface area contributed by atoms with Crippen molar-refractivity contribution in [2.75, 3.05) is 0 Å². The summed E-state index contributed by atoms with van der Waals surface area (Å²) in [5.41, 5.74) is 0.305. The molecule has 1 heterocycles. The Bertz CT molecular complexity index is 630. The van der Waals surface area contributed by atoms with Crippen LogP contribution in [0, 0.1) is 11.6 Å². The summed E-state index contributed by atoms with van der Waals surface area (Å²) >= 11 is 2.87. The van der Waals surface area contributed by atoms with Gasteiger partial charge in [0.25, 0.3) is 0 Å². The molecule has 0 unspecified atom stereocenters. The molecule has 0 amide bonds. The van der Waals surface area contributed by atoms with E-state index in [-0.39, 0.29) is 23.0 Å². The molecule has 0 atom stereocenters. The van der Waals surface area contributed by atoms with Crippen molar-refractivity contribution in [1.29, 1.82) is 0 Å². The Kier molecular flexibility index (Phi) is 3.89. The van der Waals surface area contributed by atoms with E-state index in [1.165, 1.54) is 6.20 Å². The zero-order valence-corrected chi connectivity index (χ0v) is 11.1. The van der Waals surface area contributed by atoms with Gasteiger partial charge in [-0.1, -0.05) is 5.21 Å². The molecule has 1 N–H and O–H groups in total. The van der Waals surface area contributed by atoms with E-state index in [2.05, 4.69) is 26.2 Å². The van der Waals surface area contributed by atoms with Gasteiger partial charge < -0.3 is 5.11 Å². The van der Waals surface area contributed by atoms with Crippen molar-refractivity contribution >= 4 is 21.9 Å². The summed E-state index contributed by atoms with van der Waals surface area (Å²) in [5, 5.41) is 15.9. The molecule has 0 fully saturated rings. The van der Waals surface area contributed by atoms with Gasteiger partial charge in [0.15, 0.2) is 0 Å². The molecule has 0 aliphatic carbocycles. The number of carboxylic acids is 1. The van der Waals surface area contributed by atoms with E-state index in [4.69, 9.17) is 5.11 Å². The van der Waals surface area contributed by atoms with Crippen LogP contribution in [0.1, 0.15) is 12.1 Å². The van der Waals surface area contributed by atoms with Gasteiger partial charge in [-0.25, -0.2) is 13.5 Å². The first-order valence-electron chi connectivity index (χ1n) is 5.25. The molecule has 1 aromatic carbocycles. The molecule has 1 aromatic heterocycles. The fraction of sp³-hybridized carbons (Fsp3) is 0.182. The number of hydrogen-bond donors (Lipinski definition) is 1. The van der Waals surface area contributed by atoms with Gasteiger partial charge in [0.05, 0.1) is 22.8 Å². The van der Waals surface area contributed by atoms with Crippen LogP contribution in [0.5, 0.6) is 0 Å². The SMILES string of the molecule is O=C(O)CCc1cn(-c2cc(F)c(Br)cc2F)nn1. The Morgan fingerprint density at radius 1 is 1.37 bits per heavy atom. The Labute approximate surface area is 115 Å². The lowest BCUT2D eigenvalue weighted by Crippen LogP contribution is -2.00. The van der Waals surface area contributed by atoms with E-state index in [1.807, 2.05) is 0 Å². The van der Waals surface area contributed by atoms with Gasteiger partial charge >= 0.3 is 5.97 Å². The van der Waals surface area contributed by atoms with Gasteiger partial charge in [-0.15, -0.1) is 5.10 Å². The fourth-order valence-electron chi connectivity index (χ4n) is 1.45. The van der Waals surface area contributed by atoms with Crippen LogP contribution in [-0.2, 0) is 11.2 Å². The number of halogens is 3. The summed E-state index contributed by atoms with van der Waals surface area (Å²) in [6, 6.07) is 1.97. The Morgan fingerprint density at radius 2 is 2.11 bits per heavy atom. The van der Waals surface area contributed by atoms with Crippen LogP contribution in [0.4, 0.5) is 8.78 Å². The number of aliphatic carboxylic acids is 1. The van der Waals surface area contributed by atoms with Gasteiger partial charge in [-0.2, -0.15) is 0 Å². The number of benzene rings is 1. The number of nitrogens with zero attached hydrogens (tertiary/aromatic N) is 3. The molecule has 5 nitrogen and oxygen atoms in total. The smallest absolute Gasteiger partial charge is 0.303 e. The molecule has 100 valence electrons. The zero-order chi connectivity index (χ0) is 14.0. The van der Waals surface area contributed by atoms with Crippen LogP contribution < -0.4 is 0 Å². The fourth-order valence-corrected chi connectivity index (χ4v) is 1.77. The highest BCUT2D eigenvalue weighted by Crippen LogP contribution is 2.22.